The van der Waals surface area contributed by atoms with Crippen LogP contribution in [0.4, 0.5) is 0 Å². The van der Waals surface area contributed by atoms with Gasteiger partial charge in [-0.3, -0.25) is 4.79 Å². The van der Waals surface area contributed by atoms with Crippen LogP contribution in [0.3, 0.4) is 0 Å². The number of halogens is 1. The van der Waals surface area contributed by atoms with Gasteiger partial charge in [-0.2, -0.15) is 5.26 Å². The van der Waals surface area contributed by atoms with Gasteiger partial charge < -0.3 is 4.98 Å². The lowest BCUT2D eigenvalue weighted by Crippen LogP contribution is -2.13. The Morgan fingerprint density at radius 3 is 2.38 bits per heavy atom. The topological polar surface area (TPSA) is 56.6 Å². The highest BCUT2D eigenvalue weighted by molar-refractivity contribution is 9.10. The molecule has 0 atom stereocenters. The number of aromatic nitrogens is 1. The van der Waals surface area contributed by atoms with Crippen LogP contribution in [-0.2, 0) is 0 Å². The number of rotatable bonds is 2. The minimum absolute atomic E-state index is 0.143. The normalized spacial score (nSPS) is 10.4. The van der Waals surface area contributed by atoms with Gasteiger partial charge in [-0.25, -0.2) is 0 Å². The third-order valence-corrected chi connectivity index (χ3v) is 4.51. The highest BCUT2D eigenvalue weighted by atomic mass is 79.9. The standard InChI is InChI=1S/C20H15BrN2O/c1-12-3-4-13(2)16(9-12)17-10-19(23-20(24)18(17)11-22)14-5-7-15(21)8-6-14/h3-10H,1-2H3,(H,23,24). The summed E-state index contributed by atoms with van der Waals surface area (Å²) in [5.74, 6) is 0. The van der Waals surface area contributed by atoms with Crippen LogP contribution >= 0.6 is 15.9 Å². The predicted molar refractivity (Wildman–Crippen MR) is 99.8 cm³/mol. The zero-order chi connectivity index (χ0) is 17.3. The number of hydrogen-bond donors (Lipinski definition) is 1. The molecule has 0 aliphatic heterocycles. The lowest BCUT2D eigenvalue weighted by molar-refractivity contribution is 1.21. The van der Waals surface area contributed by atoms with Gasteiger partial charge in [0.1, 0.15) is 11.6 Å². The summed E-state index contributed by atoms with van der Waals surface area (Å²) in [6.07, 6.45) is 0. The molecule has 3 nitrogen and oxygen atoms in total. The van der Waals surface area contributed by atoms with Crippen molar-refractivity contribution < 1.29 is 0 Å². The molecule has 0 saturated carbocycles. The summed E-state index contributed by atoms with van der Waals surface area (Å²) in [7, 11) is 0. The van der Waals surface area contributed by atoms with Crippen molar-refractivity contribution in [2.75, 3.05) is 0 Å². The summed E-state index contributed by atoms with van der Waals surface area (Å²) in [6, 6.07) is 17.7. The number of nitriles is 1. The summed E-state index contributed by atoms with van der Waals surface area (Å²) in [5.41, 5.74) is 5.07. The molecule has 4 heteroatoms. The van der Waals surface area contributed by atoms with Gasteiger partial charge in [0.25, 0.3) is 5.56 Å². The van der Waals surface area contributed by atoms with Crippen molar-refractivity contribution in [3.63, 3.8) is 0 Å². The number of aromatic amines is 1. The van der Waals surface area contributed by atoms with Crippen molar-refractivity contribution in [3.05, 3.63) is 80.0 Å². The molecule has 0 amide bonds. The molecule has 0 radical (unpaired) electrons. The Labute approximate surface area is 148 Å². The Morgan fingerprint density at radius 1 is 1.00 bits per heavy atom. The predicted octanol–water partition coefficient (Wildman–Crippen LogP) is 4.96. The monoisotopic (exact) mass is 378 g/mol. The average molecular weight is 379 g/mol. The Morgan fingerprint density at radius 2 is 1.71 bits per heavy atom. The molecule has 0 bridgehead atoms. The fourth-order valence-electron chi connectivity index (χ4n) is 2.69. The van der Waals surface area contributed by atoms with Crippen LogP contribution in [0.25, 0.3) is 22.4 Å². The molecule has 0 saturated heterocycles. The molecule has 0 aliphatic rings. The zero-order valence-electron chi connectivity index (χ0n) is 13.4. The van der Waals surface area contributed by atoms with Crippen LogP contribution in [0.2, 0.25) is 0 Å². The maximum atomic E-state index is 12.4. The van der Waals surface area contributed by atoms with Crippen molar-refractivity contribution in [2.24, 2.45) is 0 Å². The first kappa shape index (κ1) is 16.2. The van der Waals surface area contributed by atoms with Crippen LogP contribution in [0.15, 0.2) is 57.8 Å². The molecule has 118 valence electrons. The van der Waals surface area contributed by atoms with Gasteiger partial charge in [0.05, 0.1) is 0 Å². The fraction of sp³-hybridized carbons (Fsp3) is 0.100. The third kappa shape index (κ3) is 3.04. The van der Waals surface area contributed by atoms with E-state index in [2.05, 4.69) is 20.9 Å². The molecular weight excluding hydrogens is 364 g/mol. The lowest BCUT2D eigenvalue weighted by Gasteiger charge is -2.11. The van der Waals surface area contributed by atoms with Crippen molar-refractivity contribution >= 4 is 15.9 Å². The van der Waals surface area contributed by atoms with E-state index in [0.717, 1.165) is 26.7 Å². The van der Waals surface area contributed by atoms with E-state index in [1.165, 1.54) is 0 Å². The molecule has 0 aliphatic carbocycles. The highest BCUT2D eigenvalue weighted by Crippen LogP contribution is 2.29. The first-order chi connectivity index (χ1) is 11.5. The molecule has 0 fully saturated rings. The maximum Gasteiger partial charge on any atom is 0.266 e. The number of nitrogens with one attached hydrogen (secondary N) is 1. The molecule has 1 heterocycles. The summed E-state index contributed by atoms with van der Waals surface area (Å²) in [5, 5.41) is 9.44. The van der Waals surface area contributed by atoms with Crippen molar-refractivity contribution in [2.45, 2.75) is 13.8 Å². The molecule has 0 unspecified atom stereocenters. The van der Waals surface area contributed by atoms with Gasteiger partial charge in [-0.15, -0.1) is 0 Å². The van der Waals surface area contributed by atoms with E-state index in [9.17, 15) is 10.1 Å². The van der Waals surface area contributed by atoms with E-state index in [-0.39, 0.29) is 11.1 Å². The number of nitrogens with zero attached hydrogens (tertiary/aromatic N) is 1. The molecule has 3 aromatic rings. The van der Waals surface area contributed by atoms with E-state index >= 15 is 0 Å². The lowest BCUT2D eigenvalue weighted by atomic mass is 9.94. The van der Waals surface area contributed by atoms with E-state index in [1.807, 2.05) is 68.4 Å². The van der Waals surface area contributed by atoms with Crippen LogP contribution in [0, 0.1) is 25.2 Å². The average Bonchev–Trinajstić information content (AvgIpc) is 2.57. The number of aryl methyl sites for hydroxylation is 2. The van der Waals surface area contributed by atoms with Gasteiger partial charge in [-0.05, 0) is 48.7 Å². The Hall–Kier alpha value is -2.64. The van der Waals surface area contributed by atoms with Crippen molar-refractivity contribution in [1.82, 2.24) is 4.98 Å². The van der Waals surface area contributed by atoms with Gasteiger partial charge in [0, 0.05) is 15.7 Å². The number of hydrogen-bond acceptors (Lipinski definition) is 2. The summed E-state index contributed by atoms with van der Waals surface area (Å²) < 4.78 is 0.969. The largest absolute Gasteiger partial charge is 0.321 e. The van der Waals surface area contributed by atoms with Gasteiger partial charge in [0.15, 0.2) is 0 Å². The number of benzene rings is 2. The van der Waals surface area contributed by atoms with E-state index in [4.69, 9.17) is 0 Å². The first-order valence-corrected chi connectivity index (χ1v) is 8.30. The summed E-state index contributed by atoms with van der Waals surface area (Å²) >= 11 is 3.41. The van der Waals surface area contributed by atoms with Crippen LogP contribution in [0.5, 0.6) is 0 Å². The van der Waals surface area contributed by atoms with E-state index in [0.29, 0.717) is 11.3 Å². The Balaban J connectivity index is 2.29. The molecular formula is C20H15BrN2O. The highest BCUT2D eigenvalue weighted by Gasteiger charge is 2.14. The number of H-pyrrole nitrogens is 1. The smallest absolute Gasteiger partial charge is 0.266 e. The minimum Gasteiger partial charge on any atom is -0.321 e. The van der Waals surface area contributed by atoms with Crippen molar-refractivity contribution in [3.8, 4) is 28.5 Å². The summed E-state index contributed by atoms with van der Waals surface area (Å²) in [4.78, 5) is 15.2. The van der Waals surface area contributed by atoms with Crippen molar-refractivity contribution in [1.29, 1.82) is 5.26 Å². The second kappa shape index (κ2) is 6.46. The second-order valence-corrected chi connectivity index (χ2v) is 6.65. The molecule has 0 spiro atoms. The fourth-order valence-corrected chi connectivity index (χ4v) is 2.96. The van der Waals surface area contributed by atoms with Crippen LogP contribution in [-0.4, -0.2) is 4.98 Å². The van der Waals surface area contributed by atoms with Crippen LogP contribution in [0.1, 0.15) is 16.7 Å². The minimum atomic E-state index is -0.367. The SMILES string of the molecule is Cc1ccc(C)c(-c2cc(-c3ccc(Br)cc3)[nH]c(=O)c2C#N)c1. The second-order valence-electron chi connectivity index (χ2n) is 5.74. The maximum absolute atomic E-state index is 12.4. The molecule has 2 aromatic carbocycles. The van der Waals surface area contributed by atoms with E-state index < -0.39 is 0 Å². The Bertz CT molecular complexity index is 1010. The molecule has 1 N–H and O–H groups in total. The molecule has 24 heavy (non-hydrogen) atoms. The quantitative estimate of drug-likeness (QED) is 0.684. The zero-order valence-corrected chi connectivity index (χ0v) is 14.9. The van der Waals surface area contributed by atoms with Gasteiger partial charge in [-0.1, -0.05) is 51.8 Å². The Kier molecular flexibility index (Phi) is 4.37. The first-order valence-electron chi connectivity index (χ1n) is 7.50. The molecule has 1 aromatic heterocycles. The summed E-state index contributed by atoms with van der Waals surface area (Å²) in [6.45, 7) is 3.98. The third-order valence-electron chi connectivity index (χ3n) is 3.98. The van der Waals surface area contributed by atoms with E-state index in [1.54, 1.807) is 0 Å². The van der Waals surface area contributed by atoms with Gasteiger partial charge >= 0.3 is 0 Å². The molecule has 3 rings (SSSR count). The number of pyridine rings is 1. The van der Waals surface area contributed by atoms with Gasteiger partial charge in [0.2, 0.25) is 0 Å². The van der Waals surface area contributed by atoms with Crippen LogP contribution < -0.4 is 5.56 Å².